The van der Waals surface area contributed by atoms with Gasteiger partial charge in [-0.15, -0.1) is 0 Å². The van der Waals surface area contributed by atoms with Crippen molar-refractivity contribution >= 4 is 22.6 Å². The van der Waals surface area contributed by atoms with Crippen molar-refractivity contribution in [1.29, 1.82) is 0 Å². The van der Waals surface area contributed by atoms with Gasteiger partial charge in [-0.2, -0.15) is 0 Å². The van der Waals surface area contributed by atoms with Crippen LogP contribution < -0.4 is 5.32 Å². The highest BCUT2D eigenvalue weighted by molar-refractivity contribution is 5.90. The van der Waals surface area contributed by atoms with Crippen LogP contribution in [0.2, 0.25) is 0 Å². The quantitative estimate of drug-likeness (QED) is 0.562. The fourth-order valence-electron chi connectivity index (χ4n) is 4.42. The Morgan fingerprint density at radius 3 is 2.55 bits per heavy atom. The molecule has 1 aromatic carbocycles. The molecule has 33 heavy (non-hydrogen) atoms. The van der Waals surface area contributed by atoms with Gasteiger partial charge in [-0.1, -0.05) is 18.2 Å². The first-order chi connectivity index (χ1) is 15.8. The number of carbonyl (C=O) groups excluding carboxylic acids is 1. The molecular formula is C24H26F3N5O. The number of rotatable bonds is 5. The van der Waals surface area contributed by atoms with E-state index in [1.807, 2.05) is 17.9 Å². The standard InChI is InChI=1S/C24H26F3N5O/c1-13(17-5-4-6-18(21(17)25)23(26)27)31-24-19-11-20(30-14(2)22(19)28-12-29-24)16-7-9-32(10-8-16)15(3)33/h4-6,11-13,16,23H,7-10H2,1-3H3,(H,28,29,31)/t13-/m1/s1. The van der Waals surface area contributed by atoms with Gasteiger partial charge >= 0.3 is 0 Å². The van der Waals surface area contributed by atoms with Crippen molar-refractivity contribution in [2.45, 2.75) is 52.0 Å². The molecule has 6 nitrogen and oxygen atoms in total. The summed E-state index contributed by atoms with van der Waals surface area (Å²) in [6.07, 6.45) is 0.150. The van der Waals surface area contributed by atoms with E-state index < -0.39 is 23.8 Å². The smallest absolute Gasteiger partial charge is 0.266 e. The highest BCUT2D eigenvalue weighted by Crippen LogP contribution is 2.33. The molecule has 1 aliphatic rings. The molecule has 1 fully saturated rings. The third-order valence-electron chi connectivity index (χ3n) is 6.29. The first-order valence-corrected chi connectivity index (χ1v) is 11.0. The number of nitrogens with zero attached hydrogens (tertiary/aromatic N) is 4. The summed E-state index contributed by atoms with van der Waals surface area (Å²) in [6.45, 7) is 6.53. The number of aryl methyl sites for hydroxylation is 1. The van der Waals surface area contributed by atoms with E-state index >= 15 is 0 Å². The highest BCUT2D eigenvalue weighted by atomic mass is 19.3. The molecule has 2 aromatic heterocycles. The van der Waals surface area contributed by atoms with Crippen molar-refractivity contribution < 1.29 is 18.0 Å². The predicted molar refractivity (Wildman–Crippen MR) is 120 cm³/mol. The second-order valence-electron chi connectivity index (χ2n) is 8.45. The number of piperidine rings is 1. The maximum atomic E-state index is 14.7. The summed E-state index contributed by atoms with van der Waals surface area (Å²) in [5, 5.41) is 3.91. The molecule has 0 radical (unpaired) electrons. The maximum Gasteiger partial charge on any atom is 0.266 e. The molecular weight excluding hydrogens is 431 g/mol. The van der Waals surface area contributed by atoms with Crippen LogP contribution in [-0.4, -0.2) is 38.8 Å². The first kappa shape index (κ1) is 22.9. The average molecular weight is 458 g/mol. The number of anilines is 1. The summed E-state index contributed by atoms with van der Waals surface area (Å²) in [5.41, 5.74) is 1.85. The topological polar surface area (TPSA) is 71.0 Å². The molecule has 1 saturated heterocycles. The Hall–Kier alpha value is -3.23. The Bertz CT molecular complexity index is 1180. The number of hydrogen-bond donors (Lipinski definition) is 1. The molecule has 0 aliphatic carbocycles. The summed E-state index contributed by atoms with van der Waals surface area (Å²) >= 11 is 0. The third kappa shape index (κ3) is 4.62. The van der Waals surface area contributed by atoms with E-state index in [4.69, 9.17) is 4.98 Å². The Labute approximate surface area is 190 Å². The van der Waals surface area contributed by atoms with Gasteiger partial charge in [0.2, 0.25) is 5.91 Å². The fraction of sp³-hybridized carbons (Fsp3) is 0.417. The minimum atomic E-state index is -2.89. The lowest BCUT2D eigenvalue weighted by molar-refractivity contribution is -0.129. The second-order valence-corrected chi connectivity index (χ2v) is 8.45. The van der Waals surface area contributed by atoms with Crippen molar-refractivity contribution in [3.8, 4) is 0 Å². The molecule has 0 spiro atoms. The SMILES string of the molecule is CC(=O)N1CCC(c2cc3c(N[C@H](C)c4cccc(C(F)F)c4F)ncnc3c(C)n2)CC1. The molecule has 0 unspecified atom stereocenters. The normalized spacial score (nSPS) is 15.8. The fourth-order valence-corrected chi connectivity index (χ4v) is 4.42. The molecule has 1 amide bonds. The summed E-state index contributed by atoms with van der Waals surface area (Å²) in [7, 11) is 0. The van der Waals surface area contributed by atoms with E-state index in [1.165, 1.54) is 18.5 Å². The van der Waals surface area contributed by atoms with Crippen molar-refractivity contribution in [1.82, 2.24) is 19.9 Å². The number of pyridine rings is 1. The zero-order chi connectivity index (χ0) is 23.7. The molecule has 9 heteroatoms. The van der Waals surface area contributed by atoms with Crippen molar-refractivity contribution in [2.24, 2.45) is 0 Å². The number of benzene rings is 1. The van der Waals surface area contributed by atoms with Gasteiger partial charge in [0.15, 0.2) is 0 Å². The molecule has 0 bridgehead atoms. The Balaban J connectivity index is 1.65. The number of likely N-dealkylation sites (tertiary alicyclic amines) is 1. The lowest BCUT2D eigenvalue weighted by Crippen LogP contribution is -2.36. The number of halogens is 3. The molecule has 1 N–H and O–H groups in total. The number of nitrogens with one attached hydrogen (secondary N) is 1. The van der Waals surface area contributed by atoms with Gasteiger partial charge in [0.25, 0.3) is 6.43 Å². The van der Waals surface area contributed by atoms with E-state index in [2.05, 4.69) is 15.3 Å². The zero-order valence-electron chi connectivity index (χ0n) is 18.8. The van der Waals surface area contributed by atoms with Gasteiger partial charge in [-0.05, 0) is 32.8 Å². The number of alkyl halides is 2. The van der Waals surface area contributed by atoms with Crippen LogP contribution in [0.5, 0.6) is 0 Å². The van der Waals surface area contributed by atoms with E-state index in [9.17, 15) is 18.0 Å². The number of amides is 1. The summed E-state index contributed by atoms with van der Waals surface area (Å²) < 4.78 is 40.9. The van der Waals surface area contributed by atoms with Crippen LogP contribution in [0.25, 0.3) is 10.9 Å². The summed E-state index contributed by atoms with van der Waals surface area (Å²) in [5.74, 6) is -0.147. The predicted octanol–water partition coefficient (Wildman–Crippen LogP) is 5.31. The van der Waals surface area contributed by atoms with Gasteiger partial charge in [-0.3, -0.25) is 9.78 Å². The van der Waals surface area contributed by atoms with Crippen molar-refractivity contribution in [2.75, 3.05) is 18.4 Å². The van der Waals surface area contributed by atoms with E-state index in [1.54, 1.807) is 13.8 Å². The Morgan fingerprint density at radius 1 is 1.18 bits per heavy atom. The maximum absolute atomic E-state index is 14.7. The Morgan fingerprint density at radius 2 is 1.88 bits per heavy atom. The van der Waals surface area contributed by atoms with Gasteiger partial charge in [0.1, 0.15) is 18.0 Å². The molecule has 174 valence electrons. The van der Waals surface area contributed by atoms with Crippen LogP contribution in [0.3, 0.4) is 0 Å². The summed E-state index contributed by atoms with van der Waals surface area (Å²) in [6, 6.07) is 5.35. The van der Waals surface area contributed by atoms with Crippen LogP contribution in [-0.2, 0) is 4.79 Å². The lowest BCUT2D eigenvalue weighted by Gasteiger charge is -2.31. The zero-order valence-corrected chi connectivity index (χ0v) is 18.8. The van der Waals surface area contributed by atoms with Crippen molar-refractivity contribution in [3.05, 3.63) is 58.9 Å². The van der Waals surface area contributed by atoms with Gasteiger partial charge in [-0.25, -0.2) is 23.1 Å². The molecule has 0 saturated carbocycles. The van der Waals surface area contributed by atoms with Crippen molar-refractivity contribution in [3.63, 3.8) is 0 Å². The van der Waals surface area contributed by atoms with Crippen LogP contribution >= 0.6 is 0 Å². The number of fused-ring (bicyclic) bond motifs is 1. The summed E-state index contributed by atoms with van der Waals surface area (Å²) in [4.78, 5) is 26.9. The molecule has 3 aromatic rings. The molecule has 4 rings (SSSR count). The molecule has 1 atom stereocenters. The number of hydrogen-bond acceptors (Lipinski definition) is 5. The lowest BCUT2D eigenvalue weighted by atomic mass is 9.92. The van der Waals surface area contributed by atoms with Crippen LogP contribution in [0.4, 0.5) is 19.0 Å². The first-order valence-electron chi connectivity index (χ1n) is 11.0. The Kier molecular flexibility index (Phi) is 6.49. The van der Waals surface area contributed by atoms with E-state index in [0.717, 1.165) is 35.7 Å². The van der Waals surface area contributed by atoms with Crippen LogP contribution in [0.15, 0.2) is 30.6 Å². The third-order valence-corrected chi connectivity index (χ3v) is 6.29. The highest BCUT2D eigenvalue weighted by Gasteiger charge is 2.25. The molecule has 3 heterocycles. The van der Waals surface area contributed by atoms with Crippen LogP contribution in [0, 0.1) is 12.7 Å². The molecule has 1 aliphatic heterocycles. The van der Waals surface area contributed by atoms with Crippen LogP contribution in [0.1, 0.15) is 67.6 Å². The van der Waals surface area contributed by atoms with Gasteiger partial charge in [0, 0.05) is 42.6 Å². The van der Waals surface area contributed by atoms with Gasteiger partial charge < -0.3 is 10.2 Å². The number of aromatic nitrogens is 3. The minimum absolute atomic E-state index is 0.0770. The average Bonchev–Trinajstić information content (AvgIpc) is 2.79. The largest absolute Gasteiger partial charge is 0.363 e. The number of carbonyl (C=O) groups is 1. The monoisotopic (exact) mass is 457 g/mol. The van der Waals surface area contributed by atoms with Gasteiger partial charge in [0.05, 0.1) is 22.8 Å². The van der Waals surface area contributed by atoms with E-state index in [0.29, 0.717) is 24.4 Å². The second kappa shape index (κ2) is 9.33. The van der Waals surface area contributed by atoms with E-state index in [-0.39, 0.29) is 17.4 Å². The minimum Gasteiger partial charge on any atom is -0.363 e.